The molecule has 1 saturated heterocycles. The number of alkyl halides is 3. The molecular formula is C22H25F3N2O2S. The average Bonchev–Trinajstić information content (AvgIpc) is 3.53. The van der Waals surface area contributed by atoms with Gasteiger partial charge >= 0.3 is 6.18 Å². The van der Waals surface area contributed by atoms with E-state index >= 15 is 0 Å². The number of halogens is 3. The van der Waals surface area contributed by atoms with E-state index in [0.717, 1.165) is 30.5 Å². The van der Waals surface area contributed by atoms with Crippen LogP contribution in [0, 0.1) is 0 Å². The van der Waals surface area contributed by atoms with E-state index in [1.807, 2.05) is 30.3 Å². The highest BCUT2D eigenvalue weighted by atomic mass is 32.2. The Morgan fingerprint density at radius 2 is 1.57 bits per heavy atom. The molecule has 1 atom stereocenters. The highest BCUT2D eigenvalue weighted by molar-refractivity contribution is 7.88. The largest absolute Gasteiger partial charge is 0.416 e. The maximum atomic E-state index is 13.2. The molecule has 2 aliphatic rings. The molecule has 1 aliphatic carbocycles. The van der Waals surface area contributed by atoms with Crippen molar-refractivity contribution >= 4 is 10.0 Å². The van der Waals surface area contributed by atoms with Gasteiger partial charge in [-0.25, -0.2) is 8.42 Å². The number of hydrogen-bond acceptors (Lipinski definition) is 3. The van der Waals surface area contributed by atoms with Crippen molar-refractivity contribution in [3.8, 4) is 0 Å². The molecule has 4 rings (SSSR count). The summed E-state index contributed by atoms with van der Waals surface area (Å²) in [6.45, 7) is 1.80. The highest BCUT2D eigenvalue weighted by Gasteiger charge is 2.40. The molecule has 1 heterocycles. The second kappa shape index (κ2) is 8.32. The van der Waals surface area contributed by atoms with E-state index in [1.54, 1.807) is 4.31 Å². The quantitative estimate of drug-likeness (QED) is 0.686. The Balaban J connectivity index is 1.52. The summed E-state index contributed by atoms with van der Waals surface area (Å²) in [5.41, 5.74) is 0.671. The van der Waals surface area contributed by atoms with Gasteiger partial charge in [-0.3, -0.25) is 4.90 Å². The minimum absolute atomic E-state index is 0.179. The summed E-state index contributed by atoms with van der Waals surface area (Å²) in [6, 6.07) is 14.6. The standard InChI is InChI=1S/C22H25F3N2O2S/c23-22(24,25)19-8-6-18(7-9-19)16-30(28,29)27-13-12-26(20-10-11-20)15-21(27)14-17-4-2-1-3-5-17/h1-9,20-21H,10-16H2. The monoisotopic (exact) mass is 438 g/mol. The molecule has 4 nitrogen and oxygen atoms in total. The zero-order chi connectivity index (χ0) is 21.4. The van der Waals surface area contributed by atoms with E-state index in [0.29, 0.717) is 37.7 Å². The van der Waals surface area contributed by atoms with Crippen LogP contribution in [0.1, 0.15) is 29.5 Å². The second-order valence-corrected chi connectivity index (χ2v) is 10.1. The van der Waals surface area contributed by atoms with E-state index in [1.165, 1.54) is 12.1 Å². The lowest BCUT2D eigenvalue weighted by molar-refractivity contribution is -0.137. The van der Waals surface area contributed by atoms with E-state index < -0.39 is 21.8 Å². The molecule has 8 heteroatoms. The molecule has 2 aromatic rings. The number of sulfonamides is 1. The topological polar surface area (TPSA) is 40.6 Å². The summed E-state index contributed by atoms with van der Waals surface area (Å²) in [6.07, 6.45) is -1.49. The first-order valence-electron chi connectivity index (χ1n) is 10.2. The van der Waals surface area contributed by atoms with Gasteiger partial charge in [-0.05, 0) is 42.5 Å². The first kappa shape index (κ1) is 21.3. The lowest BCUT2D eigenvalue weighted by Crippen LogP contribution is -2.56. The van der Waals surface area contributed by atoms with E-state index in [9.17, 15) is 21.6 Å². The predicted octanol–water partition coefficient (Wildman–Crippen LogP) is 3.93. The number of nitrogens with zero attached hydrogens (tertiary/aromatic N) is 2. The van der Waals surface area contributed by atoms with Gasteiger partial charge in [0.2, 0.25) is 10.0 Å². The van der Waals surface area contributed by atoms with Crippen molar-refractivity contribution in [2.45, 2.75) is 43.3 Å². The van der Waals surface area contributed by atoms with Crippen LogP contribution in [0.4, 0.5) is 13.2 Å². The van der Waals surface area contributed by atoms with E-state index in [2.05, 4.69) is 4.90 Å². The van der Waals surface area contributed by atoms with Crippen molar-refractivity contribution in [2.24, 2.45) is 0 Å². The van der Waals surface area contributed by atoms with Gasteiger partial charge in [0.1, 0.15) is 0 Å². The number of piperazine rings is 1. The van der Waals surface area contributed by atoms with Crippen LogP contribution in [-0.4, -0.2) is 49.3 Å². The Hall–Kier alpha value is -1.90. The molecule has 1 saturated carbocycles. The molecule has 0 spiro atoms. The zero-order valence-corrected chi connectivity index (χ0v) is 17.4. The molecule has 0 aromatic heterocycles. The van der Waals surface area contributed by atoms with Crippen molar-refractivity contribution in [1.82, 2.24) is 9.21 Å². The fourth-order valence-electron chi connectivity index (χ4n) is 4.14. The molecule has 0 amide bonds. The van der Waals surface area contributed by atoms with Crippen LogP contribution in [0.2, 0.25) is 0 Å². The van der Waals surface area contributed by atoms with Crippen molar-refractivity contribution in [3.05, 3.63) is 71.3 Å². The fourth-order valence-corrected chi connectivity index (χ4v) is 5.87. The fraction of sp³-hybridized carbons (Fsp3) is 0.455. The molecule has 2 fully saturated rings. The van der Waals surface area contributed by atoms with Crippen molar-refractivity contribution in [2.75, 3.05) is 19.6 Å². The average molecular weight is 439 g/mol. The summed E-state index contributed by atoms with van der Waals surface area (Å²) in [7, 11) is -3.66. The van der Waals surface area contributed by atoms with Gasteiger partial charge < -0.3 is 0 Å². The first-order chi connectivity index (χ1) is 14.2. The lowest BCUT2D eigenvalue weighted by Gasteiger charge is -2.41. The van der Waals surface area contributed by atoms with Gasteiger partial charge in [-0.15, -0.1) is 0 Å². The van der Waals surface area contributed by atoms with E-state index in [-0.39, 0.29) is 11.8 Å². The Morgan fingerprint density at radius 3 is 2.17 bits per heavy atom. The summed E-state index contributed by atoms with van der Waals surface area (Å²) >= 11 is 0. The van der Waals surface area contributed by atoms with Gasteiger partial charge in [-0.1, -0.05) is 42.5 Å². The van der Waals surface area contributed by atoms with Crippen LogP contribution in [0.5, 0.6) is 0 Å². The van der Waals surface area contributed by atoms with Gasteiger partial charge in [-0.2, -0.15) is 17.5 Å². The maximum absolute atomic E-state index is 13.2. The van der Waals surface area contributed by atoms with Crippen LogP contribution in [0.15, 0.2) is 54.6 Å². The zero-order valence-electron chi connectivity index (χ0n) is 16.6. The Kier molecular flexibility index (Phi) is 5.92. The van der Waals surface area contributed by atoms with Crippen LogP contribution >= 0.6 is 0 Å². The smallest absolute Gasteiger partial charge is 0.297 e. The molecule has 0 radical (unpaired) electrons. The molecule has 162 valence electrons. The first-order valence-corrected chi connectivity index (χ1v) is 11.8. The number of benzene rings is 2. The maximum Gasteiger partial charge on any atom is 0.416 e. The molecule has 30 heavy (non-hydrogen) atoms. The van der Waals surface area contributed by atoms with Crippen LogP contribution in [0.3, 0.4) is 0 Å². The number of rotatable bonds is 6. The summed E-state index contributed by atoms with van der Waals surface area (Å²) in [4.78, 5) is 2.37. The Bertz CT molecular complexity index is 958. The predicted molar refractivity (Wildman–Crippen MR) is 109 cm³/mol. The molecule has 1 unspecified atom stereocenters. The van der Waals surface area contributed by atoms with Gasteiger partial charge in [0.05, 0.1) is 11.3 Å². The van der Waals surface area contributed by atoms with Crippen molar-refractivity contribution in [1.29, 1.82) is 0 Å². The normalized spacial score (nSPS) is 21.6. The molecule has 0 N–H and O–H groups in total. The minimum Gasteiger partial charge on any atom is -0.297 e. The van der Waals surface area contributed by atoms with Crippen molar-refractivity contribution < 1.29 is 21.6 Å². The van der Waals surface area contributed by atoms with Gasteiger partial charge in [0, 0.05) is 31.7 Å². The minimum atomic E-state index is -4.43. The third kappa shape index (κ3) is 5.04. The Morgan fingerprint density at radius 1 is 0.900 bits per heavy atom. The summed E-state index contributed by atoms with van der Waals surface area (Å²) in [5, 5.41) is 0. The van der Waals surface area contributed by atoms with Crippen molar-refractivity contribution in [3.63, 3.8) is 0 Å². The molecule has 1 aliphatic heterocycles. The van der Waals surface area contributed by atoms with Crippen LogP contribution in [-0.2, 0) is 28.4 Å². The van der Waals surface area contributed by atoms with Gasteiger partial charge in [0.25, 0.3) is 0 Å². The molecular weight excluding hydrogens is 413 g/mol. The third-order valence-electron chi connectivity index (χ3n) is 5.83. The number of hydrogen-bond donors (Lipinski definition) is 0. The van der Waals surface area contributed by atoms with E-state index in [4.69, 9.17) is 0 Å². The lowest BCUT2D eigenvalue weighted by atomic mass is 10.0. The van der Waals surface area contributed by atoms with Crippen LogP contribution < -0.4 is 0 Å². The van der Waals surface area contributed by atoms with Gasteiger partial charge in [0.15, 0.2) is 0 Å². The molecule has 0 bridgehead atoms. The van der Waals surface area contributed by atoms with Crippen LogP contribution in [0.25, 0.3) is 0 Å². The Labute approximate surface area is 175 Å². The SMILES string of the molecule is O=S(=O)(Cc1ccc(C(F)(F)F)cc1)N1CCN(C2CC2)CC1Cc1ccccc1. The highest BCUT2D eigenvalue weighted by Crippen LogP contribution is 2.32. The third-order valence-corrected chi connectivity index (χ3v) is 7.72. The second-order valence-electron chi connectivity index (χ2n) is 8.13. The summed E-state index contributed by atoms with van der Waals surface area (Å²) < 4.78 is 66.3. The molecule has 2 aromatic carbocycles. The summed E-state index contributed by atoms with van der Waals surface area (Å²) in [5.74, 6) is -0.292.